The number of unbranched alkanes of at least 4 members (excludes halogenated alkanes) is 12. The van der Waals surface area contributed by atoms with E-state index < -0.39 is 0 Å². The molecule has 0 atom stereocenters. The molecular formula is C21H42O3. The van der Waals surface area contributed by atoms with Gasteiger partial charge in [-0.05, 0) is 12.8 Å². The molecule has 0 N–H and O–H groups in total. The summed E-state index contributed by atoms with van der Waals surface area (Å²) >= 11 is 0. The molecule has 0 aliphatic heterocycles. The zero-order valence-electron chi connectivity index (χ0n) is 16.5. The molecule has 0 radical (unpaired) electrons. The van der Waals surface area contributed by atoms with Crippen molar-refractivity contribution >= 4 is 5.97 Å². The SMILES string of the molecule is CCCCCCCCCCCC(=O)OCCOCCCCCCC. The summed E-state index contributed by atoms with van der Waals surface area (Å²) in [5, 5.41) is 0. The topological polar surface area (TPSA) is 35.5 Å². The first-order valence-electron chi connectivity index (χ1n) is 10.5. The normalized spacial score (nSPS) is 10.9. The van der Waals surface area contributed by atoms with Crippen molar-refractivity contribution in [2.45, 2.75) is 110 Å². The Hall–Kier alpha value is -0.570. The summed E-state index contributed by atoms with van der Waals surface area (Å²) < 4.78 is 10.7. The summed E-state index contributed by atoms with van der Waals surface area (Å²) in [6.45, 7) is 6.21. The van der Waals surface area contributed by atoms with E-state index in [0.717, 1.165) is 25.9 Å². The Morgan fingerprint density at radius 3 is 1.67 bits per heavy atom. The van der Waals surface area contributed by atoms with Gasteiger partial charge in [-0.2, -0.15) is 0 Å². The van der Waals surface area contributed by atoms with E-state index >= 15 is 0 Å². The van der Waals surface area contributed by atoms with Crippen molar-refractivity contribution in [2.75, 3.05) is 19.8 Å². The predicted octanol–water partition coefficient (Wildman–Crippen LogP) is 6.44. The molecule has 0 aromatic rings. The second-order valence-electron chi connectivity index (χ2n) is 6.83. The van der Waals surface area contributed by atoms with Crippen LogP contribution in [0.3, 0.4) is 0 Å². The molecule has 0 aromatic heterocycles. The lowest BCUT2D eigenvalue weighted by Crippen LogP contribution is -2.10. The van der Waals surface area contributed by atoms with E-state index in [-0.39, 0.29) is 5.97 Å². The largest absolute Gasteiger partial charge is 0.463 e. The van der Waals surface area contributed by atoms with Gasteiger partial charge < -0.3 is 9.47 Å². The molecule has 0 saturated carbocycles. The van der Waals surface area contributed by atoms with Crippen LogP contribution in [0.2, 0.25) is 0 Å². The smallest absolute Gasteiger partial charge is 0.305 e. The average Bonchev–Trinajstić information content (AvgIpc) is 2.59. The van der Waals surface area contributed by atoms with Crippen LogP contribution in [-0.2, 0) is 14.3 Å². The lowest BCUT2D eigenvalue weighted by atomic mass is 10.1. The Bertz CT molecular complexity index is 229. The van der Waals surface area contributed by atoms with Gasteiger partial charge in [0.15, 0.2) is 0 Å². The van der Waals surface area contributed by atoms with Crippen LogP contribution >= 0.6 is 0 Å². The van der Waals surface area contributed by atoms with Crippen molar-refractivity contribution < 1.29 is 14.3 Å². The van der Waals surface area contributed by atoms with Crippen molar-refractivity contribution in [3.05, 3.63) is 0 Å². The Labute approximate surface area is 150 Å². The van der Waals surface area contributed by atoms with Crippen LogP contribution in [0.4, 0.5) is 0 Å². The molecule has 144 valence electrons. The fraction of sp³-hybridized carbons (Fsp3) is 0.952. The van der Waals surface area contributed by atoms with Gasteiger partial charge in [0.2, 0.25) is 0 Å². The molecule has 0 rings (SSSR count). The van der Waals surface area contributed by atoms with E-state index in [9.17, 15) is 4.79 Å². The van der Waals surface area contributed by atoms with Crippen molar-refractivity contribution in [3.8, 4) is 0 Å². The summed E-state index contributed by atoms with van der Waals surface area (Å²) in [7, 11) is 0. The number of hydrogen-bond acceptors (Lipinski definition) is 3. The minimum atomic E-state index is -0.0653. The Kier molecular flexibility index (Phi) is 20.0. The molecule has 0 aliphatic rings. The van der Waals surface area contributed by atoms with Gasteiger partial charge in [-0.15, -0.1) is 0 Å². The zero-order chi connectivity index (χ0) is 17.7. The first kappa shape index (κ1) is 23.4. The number of hydrogen-bond donors (Lipinski definition) is 0. The summed E-state index contributed by atoms with van der Waals surface area (Å²) in [5.74, 6) is -0.0653. The zero-order valence-corrected chi connectivity index (χ0v) is 16.5. The van der Waals surface area contributed by atoms with E-state index in [1.165, 1.54) is 70.6 Å². The Morgan fingerprint density at radius 1 is 0.583 bits per heavy atom. The van der Waals surface area contributed by atoms with Crippen LogP contribution in [0.5, 0.6) is 0 Å². The summed E-state index contributed by atoms with van der Waals surface area (Å²) in [6.07, 6.45) is 18.3. The molecule has 0 aromatic carbocycles. The Balaban J connectivity index is 3.13. The number of ether oxygens (including phenoxy) is 2. The van der Waals surface area contributed by atoms with Gasteiger partial charge in [0.25, 0.3) is 0 Å². The molecule has 3 heteroatoms. The third kappa shape index (κ3) is 19.5. The van der Waals surface area contributed by atoms with Crippen molar-refractivity contribution in [1.29, 1.82) is 0 Å². The Morgan fingerprint density at radius 2 is 1.08 bits per heavy atom. The van der Waals surface area contributed by atoms with E-state index in [1.807, 2.05) is 0 Å². The predicted molar refractivity (Wildman–Crippen MR) is 102 cm³/mol. The standard InChI is InChI=1S/C21H42O3/c1-3-5-7-9-10-11-12-13-15-17-21(22)24-20-19-23-18-16-14-8-6-4-2/h3-20H2,1-2H3. The van der Waals surface area contributed by atoms with Crippen LogP contribution in [0.1, 0.15) is 110 Å². The van der Waals surface area contributed by atoms with E-state index in [0.29, 0.717) is 19.6 Å². The van der Waals surface area contributed by atoms with Gasteiger partial charge in [-0.25, -0.2) is 0 Å². The molecule has 0 heterocycles. The molecule has 0 unspecified atom stereocenters. The lowest BCUT2D eigenvalue weighted by molar-refractivity contribution is -0.145. The lowest BCUT2D eigenvalue weighted by Gasteiger charge is -2.06. The van der Waals surface area contributed by atoms with E-state index in [2.05, 4.69) is 13.8 Å². The van der Waals surface area contributed by atoms with Crippen LogP contribution < -0.4 is 0 Å². The first-order chi connectivity index (χ1) is 11.8. The molecular weight excluding hydrogens is 300 g/mol. The van der Waals surface area contributed by atoms with Crippen LogP contribution in [0, 0.1) is 0 Å². The van der Waals surface area contributed by atoms with Crippen LogP contribution in [0.25, 0.3) is 0 Å². The number of esters is 1. The van der Waals surface area contributed by atoms with Gasteiger partial charge in [0.1, 0.15) is 6.61 Å². The minimum absolute atomic E-state index is 0.0653. The maximum Gasteiger partial charge on any atom is 0.305 e. The van der Waals surface area contributed by atoms with Crippen LogP contribution in [0.15, 0.2) is 0 Å². The minimum Gasteiger partial charge on any atom is -0.463 e. The third-order valence-electron chi connectivity index (χ3n) is 4.37. The maximum absolute atomic E-state index is 11.6. The molecule has 24 heavy (non-hydrogen) atoms. The van der Waals surface area contributed by atoms with Gasteiger partial charge in [-0.1, -0.05) is 90.9 Å². The second-order valence-corrected chi connectivity index (χ2v) is 6.83. The van der Waals surface area contributed by atoms with Crippen molar-refractivity contribution in [1.82, 2.24) is 0 Å². The monoisotopic (exact) mass is 342 g/mol. The molecule has 0 aliphatic carbocycles. The van der Waals surface area contributed by atoms with Gasteiger partial charge in [-0.3, -0.25) is 4.79 Å². The molecule has 3 nitrogen and oxygen atoms in total. The third-order valence-corrected chi connectivity index (χ3v) is 4.37. The highest BCUT2D eigenvalue weighted by Crippen LogP contribution is 2.10. The van der Waals surface area contributed by atoms with Gasteiger partial charge >= 0.3 is 5.97 Å². The van der Waals surface area contributed by atoms with Crippen molar-refractivity contribution in [3.63, 3.8) is 0 Å². The summed E-state index contributed by atoms with van der Waals surface area (Å²) in [4.78, 5) is 11.6. The number of carbonyl (C=O) groups excluding carboxylic acids is 1. The highest BCUT2D eigenvalue weighted by molar-refractivity contribution is 5.69. The molecule has 0 spiro atoms. The summed E-state index contributed by atoms with van der Waals surface area (Å²) in [6, 6.07) is 0. The van der Waals surface area contributed by atoms with Gasteiger partial charge in [0, 0.05) is 13.0 Å². The second kappa shape index (κ2) is 20.5. The summed E-state index contributed by atoms with van der Waals surface area (Å²) in [5.41, 5.74) is 0. The highest BCUT2D eigenvalue weighted by Gasteiger charge is 2.02. The fourth-order valence-electron chi connectivity index (χ4n) is 2.78. The first-order valence-corrected chi connectivity index (χ1v) is 10.5. The number of carbonyl (C=O) groups is 1. The van der Waals surface area contributed by atoms with Crippen LogP contribution in [-0.4, -0.2) is 25.8 Å². The molecule has 0 bridgehead atoms. The molecule has 0 amide bonds. The molecule has 0 saturated heterocycles. The quantitative estimate of drug-likeness (QED) is 0.200. The highest BCUT2D eigenvalue weighted by atomic mass is 16.6. The van der Waals surface area contributed by atoms with E-state index in [1.54, 1.807) is 0 Å². The van der Waals surface area contributed by atoms with Crippen molar-refractivity contribution in [2.24, 2.45) is 0 Å². The van der Waals surface area contributed by atoms with Gasteiger partial charge in [0.05, 0.1) is 6.61 Å². The number of rotatable bonds is 19. The maximum atomic E-state index is 11.6. The van der Waals surface area contributed by atoms with E-state index in [4.69, 9.17) is 9.47 Å². The molecule has 0 fully saturated rings. The fourth-order valence-corrected chi connectivity index (χ4v) is 2.78. The average molecular weight is 343 g/mol.